The van der Waals surface area contributed by atoms with Crippen molar-refractivity contribution in [3.8, 4) is 23.7 Å². The molecule has 2 aromatic rings. The predicted molar refractivity (Wildman–Crippen MR) is 70.0 cm³/mol. The molecule has 0 bridgehead atoms. The van der Waals surface area contributed by atoms with Gasteiger partial charge in [0.25, 0.3) is 0 Å². The Morgan fingerprint density at radius 2 is 1.61 bits per heavy atom. The Morgan fingerprint density at radius 1 is 0.944 bits per heavy atom. The van der Waals surface area contributed by atoms with Crippen molar-refractivity contribution in [3.05, 3.63) is 64.7 Å². The Bertz CT molecular complexity index is 667. The quantitative estimate of drug-likeness (QED) is 0.711. The average Bonchev–Trinajstić information content (AvgIpc) is 2.38. The fraction of sp³-hybridized carbons (Fsp3) is 0.0625. The molecule has 18 heavy (non-hydrogen) atoms. The minimum absolute atomic E-state index is 0.247. The summed E-state index contributed by atoms with van der Waals surface area (Å²) in [5, 5.41) is 18.0. The van der Waals surface area contributed by atoms with Gasteiger partial charge >= 0.3 is 0 Å². The lowest BCUT2D eigenvalue weighted by molar-refractivity contribution is 0.475. The van der Waals surface area contributed by atoms with Gasteiger partial charge in [-0.05, 0) is 55.0 Å². The Hall–Kier alpha value is -2.71. The highest BCUT2D eigenvalue weighted by Gasteiger charge is 1.95. The van der Waals surface area contributed by atoms with Crippen LogP contribution in [0.4, 0.5) is 0 Å². The fourth-order valence-corrected chi connectivity index (χ4v) is 1.56. The van der Waals surface area contributed by atoms with Crippen molar-refractivity contribution in [1.29, 1.82) is 5.26 Å². The van der Waals surface area contributed by atoms with E-state index in [4.69, 9.17) is 5.26 Å². The lowest BCUT2D eigenvalue weighted by Crippen LogP contribution is -1.82. The number of benzene rings is 2. The molecule has 1 N–H and O–H groups in total. The van der Waals surface area contributed by atoms with Crippen molar-refractivity contribution in [2.24, 2.45) is 0 Å². The third kappa shape index (κ3) is 2.70. The van der Waals surface area contributed by atoms with E-state index in [2.05, 4.69) is 17.9 Å². The van der Waals surface area contributed by atoms with E-state index >= 15 is 0 Å². The molecule has 2 rings (SSSR count). The highest BCUT2D eigenvalue weighted by atomic mass is 16.3. The molecule has 0 aliphatic heterocycles. The summed E-state index contributed by atoms with van der Waals surface area (Å²) in [7, 11) is 0. The van der Waals surface area contributed by atoms with Gasteiger partial charge in [-0.3, -0.25) is 0 Å². The van der Waals surface area contributed by atoms with Gasteiger partial charge in [0.2, 0.25) is 0 Å². The molecule has 0 saturated heterocycles. The van der Waals surface area contributed by atoms with E-state index < -0.39 is 0 Å². The summed E-state index contributed by atoms with van der Waals surface area (Å²) in [5.74, 6) is 6.33. The first kappa shape index (κ1) is 11.8. The van der Waals surface area contributed by atoms with Crippen LogP contribution in [-0.2, 0) is 0 Å². The number of hydrogen-bond donors (Lipinski definition) is 1. The van der Waals surface area contributed by atoms with Gasteiger partial charge in [-0.15, -0.1) is 0 Å². The monoisotopic (exact) mass is 233 g/mol. The number of aromatic hydroxyl groups is 1. The van der Waals surface area contributed by atoms with Crippen LogP contribution < -0.4 is 0 Å². The lowest BCUT2D eigenvalue weighted by atomic mass is 10.1. The second-order valence-electron chi connectivity index (χ2n) is 3.94. The number of phenols is 1. The summed E-state index contributed by atoms with van der Waals surface area (Å²) in [5.41, 5.74) is 3.32. The molecule has 0 unspecified atom stereocenters. The van der Waals surface area contributed by atoms with Gasteiger partial charge in [0.15, 0.2) is 0 Å². The topological polar surface area (TPSA) is 44.0 Å². The van der Waals surface area contributed by atoms with Crippen LogP contribution in [-0.4, -0.2) is 5.11 Å². The maximum absolute atomic E-state index is 9.30. The average molecular weight is 233 g/mol. The first-order chi connectivity index (χ1) is 8.69. The minimum atomic E-state index is 0.247. The molecule has 0 fully saturated rings. The smallest absolute Gasteiger partial charge is 0.115 e. The Labute approximate surface area is 106 Å². The van der Waals surface area contributed by atoms with Gasteiger partial charge in [0, 0.05) is 11.1 Å². The first-order valence-electron chi connectivity index (χ1n) is 5.51. The maximum Gasteiger partial charge on any atom is 0.115 e. The molecule has 86 valence electrons. The van der Waals surface area contributed by atoms with Gasteiger partial charge in [0.1, 0.15) is 5.75 Å². The third-order valence-electron chi connectivity index (χ3n) is 2.57. The molecule has 0 saturated carbocycles. The summed E-state index contributed by atoms with van der Waals surface area (Å²) in [6.45, 7) is 1.91. The van der Waals surface area contributed by atoms with Crippen LogP contribution in [0.3, 0.4) is 0 Å². The van der Waals surface area contributed by atoms with Crippen LogP contribution in [0.5, 0.6) is 5.75 Å². The molecule has 2 nitrogen and oxygen atoms in total. The molecule has 0 spiro atoms. The zero-order valence-electron chi connectivity index (χ0n) is 9.94. The Morgan fingerprint density at radius 3 is 2.22 bits per heavy atom. The summed E-state index contributed by atoms with van der Waals surface area (Å²) in [4.78, 5) is 0. The normalized spacial score (nSPS) is 9.11. The molecule has 0 heterocycles. The van der Waals surface area contributed by atoms with E-state index in [9.17, 15) is 5.11 Å². The van der Waals surface area contributed by atoms with Crippen LogP contribution in [0.1, 0.15) is 22.3 Å². The Kier molecular flexibility index (Phi) is 3.32. The number of nitrogens with zero attached hydrogens (tertiary/aromatic N) is 1. The van der Waals surface area contributed by atoms with Crippen LogP contribution in [0.15, 0.2) is 42.5 Å². The van der Waals surface area contributed by atoms with Crippen LogP contribution in [0.2, 0.25) is 0 Å². The Balaban J connectivity index is 2.28. The number of aryl methyl sites for hydroxylation is 1. The van der Waals surface area contributed by atoms with E-state index in [0.717, 1.165) is 16.7 Å². The van der Waals surface area contributed by atoms with Crippen LogP contribution >= 0.6 is 0 Å². The molecule has 2 heteroatoms. The van der Waals surface area contributed by atoms with Crippen LogP contribution in [0.25, 0.3) is 0 Å². The van der Waals surface area contributed by atoms with E-state index in [1.807, 2.05) is 19.1 Å². The highest BCUT2D eigenvalue weighted by molar-refractivity contribution is 5.49. The van der Waals surface area contributed by atoms with E-state index in [0.29, 0.717) is 5.56 Å². The number of phenolic OH excluding ortho intramolecular Hbond substituents is 1. The molecular formula is C16H11NO. The molecule has 0 aliphatic rings. The molecule has 0 radical (unpaired) electrons. The lowest BCUT2D eigenvalue weighted by Gasteiger charge is -1.98. The number of nitriles is 1. The third-order valence-corrected chi connectivity index (χ3v) is 2.57. The minimum Gasteiger partial charge on any atom is -0.508 e. The molecule has 0 aromatic heterocycles. The van der Waals surface area contributed by atoms with Gasteiger partial charge in [-0.1, -0.05) is 11.8 Å². The van der Waals surface area contributed by atoms with Crippen molar-refractivity contribution in [3.63, 3.8) is 0 Å². The second-order valence-corrected chi connectivity index (χ2v) is 3.94. The van der Waals surface area contributed by atoms with Crippen molar-refractivity contribution in [1.82, 2.24) is 0 Å². The van der Waals surface area contributed by atoms with Gasteiger partial charge in [-0.25, -0.2) is 0 Å². The van der Waals surface area contributed by atoms with Crippen LogP contribution in [0, 0.1) is 30.1 Å². The summed E-state index contributed by atoms with van der Waals surface area (Å²) < 4.78 is 0. The van der Waals surface area contributed by atoms with Crippen molar-refractivity contribution in [2.75, 3.05) is 0 Å². The second kappa shape index (κ2) is 5.08. The van der Waals surface area contributed by atoms with Crippen molar-refractivity contribution >= 4 is 0 Å². The summed E-state index contributed by atoms with van der Waals surface area (Å²) in [6, 6.07) is 14.3. The molecular weight excluding hydrogens is 222 g/mol. The van der Waals surface area contributed by atoms with E-state index in [-0.39, 0.29) is 5.75 Å². The SMILES string of the molecule is Cc1cc(O)ccc1C#Cc1ccc(C#N)cc1. The number of rotatable bonds is 0. The van der Waals surface area contributed by atoms with Gasteiger partial charge < -0.3 is 5.11 Å². The molecule has 0 amide bonds. The largest absolute Gasteiger partial charge is 0.508 e. The zero-order chi connectivity index (χ0) is 13.0. The first-order valence-corrected chi connectivity index (χ1v) is 5.51. The highest BCUT2D eigenvalue weighted by Crippen LogP contribution is 2.14. The maximum atomic E-state index is 9.30. The van der Waals surface area contributed by atoms with Gasteiger partial charge in [-0.2, -0.15) is 5.26 Å². The fourth-order valence-electron chi connectivity index (χ4n) is 1.56. The number of hydrogen-bond acceptors (Lipinski definition) is 2. The zero-order valence-corrected chi connectivity index (χ0v) is 9.94. The predicted octanol–water partition coefficient (Wildman–Crippen LogP) is 2.97. The van der Waals surface area contributed by atoms with E-state index in [1.54, 1.807) is 30.3 Å². The molecule has 0 atom stereocenters. The molecule has 2 aromatic carbocycles. The summed E-state index contributed by atoms with van der Waals surface area (Å²) >= 11 is 0. The van der Waals surface area contributed by atoms with Crippen molar-refractivity contribution < 1.29 is 5.11 Å². The standard InChI is InChI=1S/C16H11NO/c1-12-10-16(18)9-8-15(12)7-6-13-2-4-14(11-17)5-3-13/h2-5,8-10,18H,1H3. The van der Waals surface area contributed by atoms with E-state index in [1.165, 1.54) is 0 Å². The van der Waals surface area contributed by atoms with Crippen molar-refractivity contribution in [2.45, 2.75) is 6.92 Å². The summed E-state index contributed by atoms with van der Waals surface area (Å²) in [6.07, 6.45) is 0. The molecule has 0 aliphatic carbocycles. The van der Waals surface area contributed by atoms with Gasteiger partial charge in [0.05, 0.1) is 11.6 Å².